The maximum Gasteiger partial charge on any atom is 0.315 e. The van der Waals surface area contributed by atoms with E-state index >= 15 is 0 Å². The van der Waals surface area contributed by atoms with Gasteiger partial charge in [-0.3, -0.25) is 0 Å². The summed E-state index contributed by atoms with van der Waals surface area (Å²) in [4.78, 5) is 13.6. The van der Waals surface area contributed by atoms with Crippen LogP contribution >= 0.6 is 31.9 Å². The molecule has 1 saturated heterocycles. The maximum atomic E-state index is 12.9. The fraction of sp³-hybridized carbons (Fsp3) is 0.300. The Bertz CT molecular complexity index is 1130. The Morgan fingerprint density at radius 3 is 2.59 bits per heavy atom. The zero-order valence-corrected chi connectivity index (χ0v) is 20.7. The molecule has 0 bridgehead atoms. The van der Waals surface area contributed by atoms with E-state index in [0.717, 1.165) is 5.56 Å². The van der Waals surface area contributed by atoms with E-state index in [2.05, 4.69) is 53.4 Å². The highest BCUT2D eigenvalue weighted by molar-refractivity contribution is 9.11. The molecular formula is C20H20Br2FN5O3S. The number of halogens is 3. The Balaban J connectivity index is 1.54. The van der Waals surface area contributed by atoms with Gasteiger partial charge in [0.2, 0.25) is 10.0 Å². The highest BCUT2D eigenvalue weighted by Gasteiger charge is 2.35. The molecule has 2 aromatic rings. The summed E-state index contributed by atoms with van der Waals surface area (Å²) in [6.45, 7) is 0.592. The Morgan fingerprint density at radius 1 is 1.19 bits per heavy atom. The number of likely N-dealkylation sites (tertiary alicyclic amines) is 1. The van der Waals surface area contributed by atoms with Crippen LogP contribution in [-0.4, -0.2) is 44.5 Å². The van der Waals surface area contributed by atoms with Crippen LogP contribution in [0.1, 0.15) is 12.0 Å². The van der Waals surface area contributed by atoms with Gasteiger partial charge in [-0.1, -0.05) is 28.1 Å². The first-order valence-corrected chi connectivity index (χ1v) is 12.6. The van der Waals surface area contributed by atoms with Crippen LogP contribution in [-0.2, 0) is 16.6 Å². The molecule has 1 fully saturated rings. The highest BCUT2D eigenvalue weighted by atomic mass is 79.9. The fourth-order valence-corrected chi connectivity index (χ4v) is 6.08. The zero-order valence-electron chi connectivity index (χ0n) is 16.7. The topological polar surface area (TPSA) is 114 Å². The second kappa shape index (κ2) is 10.6. The van der Waals surface area contributed by atoms with Gasteiger partial charge < -0.3 is 15.5 Å². The van der Waals surface area contributed by atoms with Gasteiger partial charge in [0.1, 0.15) is 5.82 Å². The molecule has 8 nitrogen and oxygen atoms in total. The van der Waals surface area contributed by atoms with Crippen LogP contribution in [0.15, 0.2) is 56.3 Å². The van der Waals surface area contributed by atoms with Crippen molar-refractivity contribution in [2.45, 2.75) is 29.9 Å². The molecule has 0 spiro atoms. The fourth-order valence-electron chi connectivity index (χ4n) is 3.34. The molecule has 3 N–H and O–H groups in total. The minimum Gasteiger partial charge on any atom is -0.336 e. The summed E-state index contributed by atoms with van der Waals surface area (Å²) in [5.74, 6) is -0.353. The van der Waals surface area contributed by atoms with Crippen molar-refractivity contribution in [2.24, 2.45) is 0 Å². The minimum atomic E-state index is -3.81. The zero-order chi connectivity index (χ0) is 23.3. The van der Waals surface area contributed by atoms with E-state index in [9.17, 15) is 22.9 Å². The van der Waals surface area contributed by atoms with Crippen molar-refractivity contribution in [2.75, 3.05) is 13.1 Å². The second-order valence-electron chi connectivity index (χ2n) is 7.22. The first-order chi connectivity index (χ1) is 15.2. The highest BCUT2D eigenvalue weighted by Crippen LogP contribution is 2.27. The molecule has 32 heavy (non-hydrogen) atoms. The SMILES string of the molecule is N#CN1CC(NS(=O)(=O)c2cc(Br)ccc2Br)CC1CNC(=O)NCc1ccc(F)cc1. The molecule has 2 aromatic carbocycles. The molecule has 0 radical (unpaired) electrons. The third-order valence-electron chi connectivity index (χ3n) is 4.91. The van der Waals surface area contributed by atoms with Gasteiger partial charge in [-0.15, -0.1) is 0 Å². The minimum absolute atomic E-state index is 0.0946. The van der Waals surface area contributed by atoms with Gasteiger partial charge in [-0.25, -0.2) is 22.3 Å². The Labute approximate surface area is 202 Å². The van der Waals surface area contributed by atoms with E-state index in [1.54, 1.807) is 24.3 Å². The molecule has 1 aliphatic rings. The van der Waals surface area contributed by atoms with Crippen molar-refractivity contribution in [1.29, 1.82) is 5.26 Å². The monoisotopic (exact) mass is 587 g/mol. The van der Waals surface area contributed by atoms with Crippen molar-refractivity contribution in [3.05, 3.63) is 62.8 Å². The summed E-state index contributed by atoms with van der Waals surface area (Å²) < 4.78 is 42.2. The average molecular weight is 589 g/mol. The summed E-state index contributed by atoms with van der Waals surface area (Å²) >= 11 is 6.52. The number of carbonyl (C=O) groups excluding carboxylic acids is 1. The van der Waals surface area contributed by atoms with Gasteiger partial charge in [0.05, 0.1) is 10.9 Å². The number of carbonyl (C=O) groups is 1. The van der Waals surface area contributed by atoms with Crippen LogP contribution in [0.2, 0.25) is 0 Å². The first kappa shape index (κ1) is 24.4. The van der Waals surface area contributed by atoms with Gasteiger partial charge in [0.25, 0.3) is 0 Å². The lowest BCUT2D eigenvalue weighted by molar-refractivity contribution is 0.236. The number of nitriles is 1. The number of nitrogens with zero attached hydrogens (tertiary/aromatic N) is 2. The Kier molecular flexibility index (Phi) is 8.10. The van der Waals surface area contributed by atoms with Crippen LogP contribution in [0.5, 0.6) is 0 Å². The summed E-state index contributed by atoms with van der Waals surface area (Å²) in [6, 6.07) is 9.34. The van der Waals surface area contributed by atoms with Gasteiger partial charge >= 0.3 is 6.03 Å². The van der Waals surface area contributed by atoms with Gasteiger partial charge in [0, 0.05) is 34.6 Å². The van der Waals surface area contributed by atoms with E-state index in [4.69, 9.17) is 0 Å². The third-order valence-corrected chi connectivity index (χ3v) is 7.92. The molecule has 170 valence electrons. The lowest BCUT2D eigenvalue weighted by Crippen LogP contribution is -2.42. The molecule has 1 aliphatic heterocycles. The average Bonchev–Trinajstić information content (AvgIpc) is 3.14. The molecule has 0 saturated carbocycles. The number of benzene rings is 2. The molecule has 0 aromatic heterocycles. The predicted octanol–water partition coefficient (Wildman–Crippen LogP) is 3.05. The summed E-state index contributed by atoms with van der Waals surface area (Å²) in [5, 5.41) is 14.8. The van der Waals surface area contributed by atoms with E-state index in [1.807, 2.05) is 0 Å². The first-order valence-electron chi connectivity index (χ1n) is 9.58. The number of hydrogen-bond acceptors (Lipinski definition) is 5. The van der Waals surface area contributed by atoms with Crippen LogP contribution in [0, 0.1) is 17.3 Å². The van der Waals surface area contributed by atoms with Crippen LogP contribution in [0.3, 0.4) is 0 Å². The number of nitrogens with one attached hydrogen (secondary N) is 3. The molecule has 2 atom stereocenters. The van der Waals surface area contributed by atoms with Gasteiger partial charge in [-0.05, 0) is 58.2 Å². The number of amides is 2. The quantitative estimate of drug-likeness (QED) is 0.430. The maximum absolute atomic E-state index is 12.9. The molecule has 2 amide bonds. The van der Waals surface area contributed by atoms with Crippen LogP contribution < -0.4 is 15.4 Å². The lowest BCUT2D eigenvalue weighted by atomic mass is 10.2. The number of sulfonamides is 1. The van der Waals surface area contributed by atoms with Gasteiger partial charge in [0.15, 0.2) is 6.19 Å². The van der Waals surface area contributed by atoms with Crippen LogP contribution in [0.4, 0.5) is 9.18 Å². The molecular weight excluding hydrogens is 569 g/mol. The van der Waals surface area contributed by atoms with E-state index in [0.29, 0.717) is 15.4 Å². The predicted molar refractivity (Wildman–Crippen MR) is 123 cm³/mol. The third kappa shape index (κ3) is 6.41. The standard InChI is InChI=1S/C20H20Br2FN5O3S/c21-14-3-6-18(22)19(7-14)32(30,31)27-16-8-17(28(11-16)12-24)10-26-20(29)25-9-13-1-4-15(23)5-2-13/h1-7,16-17,27H,8-11H2,(H2,25,26,29). The molecule has 1 heterocycles. The Hall–Kier alpha value is -2.20. The molecule has 12 heteroatoms. The van der Waals surface area contributed by atoms with E-state index in [-0.39, 0.29) is 36.4 Å². The second-order valence-corrected chi connectivity index (χ2v) is 10.7. The van der Waals surface area contributed by atoms with Crippen molar-refractivity contribution < 1.29 is 17.6 Å². The normalized spacial score (nSPS) is 18.2. The summed E-state index contributed by atoms with van der Waals surface area (Å²) in [6.07, 6.45) is 2.41. The summed E-state index contributed by atoms with van der Waals surface area (Å²) in [7, 11) is -3.81. The van der Waals surface area contributed by atoms with Crippen molar-refractivity contribution >= 4 is 47.9 Å². The van der Waals surface area contributed by atoms with E-state index in [1.165, 1.54) is 23.1 Å². The smallest absolute Gasteiger partial charge is 0.315 e. The van der Waals surface area contributed by atoms with Crippen molar-refractivity contribution in [1.82, 2.24) is 20.3 Å². The Morgan fingerprint density at radius 2 is 1.91 bits per heavy atom. The van der Waals surface area contributed by atoms with Crippen molar-refractivity contribution in [3.63, 3.8) is 0 Å². The molecule has 0 aliphatic carbocycles. The van der Waals surface area contributed by atoms with Crippen molar-refractivity contribution in [3.8, 4) is 6.19 Å². The largest absolute Gasteiger partial charge is 0.336 e. The molecule has 3 rings (SSSR count). The number of hydrogen-bond donors (Lipinski definition) is 3. The number of urea groups is 1. The molecule has 2 unspecified atom stereocenters. The van der Waals surface area contributed by atoms with Gasteiger partial charge in [-0.2, -0.15) is 5.26 Å². The van der Waals surface area contributed by atoms with Crippen LogP contribution in [0.25, 0.3) is 0 Å². The van der Waals surface area contributed by atoms with E-state index < -0.39 is 22.1 Å². The summed E-state index contributed by atoms with van der Waals surface area (Å²) in [5.41, 5.74) is 0.745. The number of rotatable bonds is 7. The lowest BCUT2D eigenvalue weighted by Gasteiger charge is -2.18.